The highest BCUT2D eigenvalue weighted by Crippen LogP contribution is 2.55. The Hall–Kier alpha value is -2.67. The lowest BCUT2D eigenvalue weighted by Gasteiger charge is -2.29. The predicted molar refractivity (Wildman–Crippen MR) is 103 cm³/mol. The summed E-state index contributed by atoms with van der Waals surface area (Å²) in [5, 5.41) is 3.09. The van der Waals surface area contributed by atoms with E-state index in [2.05, 4.69) is 26.3 Å². The maximum absolute atomic E-state index is 12.5. The van der Waals surface area contributed by atoms with Gasteiger partial charge in [-0.1, -0.05) is 6.07 Å². The fourth-order valence-corrected chi connectivity index (χ4v) is 5.13. The van der Waals surface area contributed by atoms with Gasteiger partial charge in [-0.15, -0.1) is 0 Å². The largest absolute Gasteiger partial charge is 0.481 e. The van der Waals surface area contributed by atoms with Gasteiger partial charge in [-0.25, -0.2) is 9.97 Å². The Morgan fingerprint density at radius 2 is 2.29 bits per heavy atom. The molecule has 3 aliphatic heterocycles. The zero-order valence-electron chi connectivity index (χ0n) is 15.9. The number of pyridine rings is 2. The third-order valence-electron chi connectivity index (χ3n) is 6.46. The summed E-state index contributed by atoms with van der Waals surface area (Å²) in [4.78, 5) is 23.5. The second-order valence-electron chi connectivity index (χ2n) is 7.90. The molecule has 1 spiro atoms. The number of nitrogens with zero attached hydrogens (tertiary/aromatic N) is 3. The highest BCUT2D eigenvalue weighted by Gasteiger charge is 2.63. The molecule has 1 N–H and O–H groups in total. The van der Waals surface area contributed by atoms with Crippen LogP contribution in [0.4, 0.5) is 5.82 Å². The molecular formula is C21H24N4O3. The van der Waals surface area contributed by atoms with E-state index in [9.17, 15) is 4.79 Å². The van der Waals surface area contributed by atoms with Crippen LogP contribution in [0.3, 0.4) is 0 Å². The molecule has 2 bridgehead atoms. The van der Waals surface area contributed by atoms with Crippen molar-refractivity contribution in [3.63, 3.8) is 0 Å². The van der Waals surface area contributed by atoms with E-state index in [1.54, 1.807) is 25.4 Å². The molecule has 28 heavy (non-hydrogen) atoms. The molecule has 2 aromatic heterocycles. The van der Waals surface area contributed by atoms with E-state index in [1.165, 1.54) is 0 Å². The summed E-state index contributed by atoms with van der Waals surface area (Å²) in [6.45, 7) is 2.44. The molecule has 7 heteroatoms. The monoisotopic (exact) mass is 380 g/mol. The molecule has 3 aliphatic rings. The minimum Gasteiger partial charge on any atom is -0.481 e. The average molecular weight is 380 g/mol. The van der Waals surface area contributed by atoms with Gasteiger partial charge < -0.3 is 19.7 Å². The molecule has 3 fully saturated rings. The van der Waals surface area contributed by atoms with Gasteiger partial charge in [0.25, 0.3) is 5.91 Å². The normalized spacial score (nSPS) is 30.3. The minimum absolute atomic E-state index is 0.0841. The zero-order valence-corrected chi connectivity index (χ0v) is 15.9. The second-order valence-corrected chi connectivity index (χ2v) is 7.90. The number of aromatic nitrogens is 2. The standard InChI is InChI=1S/C21H24N4O3/c1-27-19-6-5-14(10-23-19)20(26)24-11-15-16-12-25(18-4-2-3-9-22-18)13-21(16)8-7-17(15)28-21/h2-6,9-10,15-17H,7-8,11-13H2,1H3,(H,24,26)/t15-,16+,17+,21+/m0/s1. The number of hydrogen-bond donors (Lipinski definition) is 1. The highest BCUT2D eigenvalue weighted by molar-refractivity contribution is 5.93. The van der Waals surface area contributed by atoms with E-state index >= 15 is 0 Å². The smallest absolute Gasteiger partial charge is 0.252 e. The Morgan fingerprint density at radius 1 is 1.36 bits per heavy atom. The van der Waals surface area contributed by atoms with Crippen molar-refractivity contribution in [1.82, 2.24) is 15.3 Å². The van der Waals surface area contributed by atoms with Gasteiger partial charge in [-0.05, 0) is 31.0 Å². The number of hydrogen-bond acceptors (Lipinski definition) is 6. The molecule has 0 unspecified atom stereocenters. The Morgan fingerprint density at radius 3 is 3.04 bits per heavy atom. The fourth-order valence-electron chi connectivity index (χ4n) is 5.13. The molecule has 146 valence electrons. The number of rotatable bonds is 5. The van der Waals surface area contributed by atoms with Crippen LogP contribution in [0.1, 0.15) is 23.2 Å². The van der Waals surface area contributed by atoms with Gasteiger partial charge in [-0.3, -0.25) is 4.79 Å². The number of amides is 1. The van der Waals surface area contributed by atoms with Gasteiger partial charge in [-0.2, -0.15) is 0 Å². The summed E-state index contributed by atoms with van der Waals surface area (Å²) in [7, 11) is 1.56. The first-order valence-corrected chi connectivity index (χ1v) is 9.80. The molecule has 0 saturated carbocycles. The first kappa shape index (κ1) is 17.4. The number of ether oxygens (including phenoxy) is 2. The van der Waals surface area contributed by atoms with Crippen LogP contribution in [0.25, 0.3) is 0 Å². The van der Waals surface area contributed by atoms with Crippen molar-refractivity contribution in [2.75, 3.05) is 31.6 Å². The molecule has 4 atom stereocenters. The van der Waals surface area contributed by atoms with Gasteiger partial charge in [0.05, 0.1) is 24.4 Å². The topological polar surface area (TPSA) is 76.6 Å². The maximum atomic E-state index is 12.5. The number of fused-ring (bicyclic) bond motifs is 1. The van der Waals surface area contributed by atoms with Crippen molar-refractivity contribution < 1.29 is 14.3 Å². The number of nitrogens with one attached hydrogen (secondary N) is 1. The first-order valence-electron chi connectivity index (χ1n) is 9.80. The molecule has 5 heterocycles. The minimum atomic E-state index is -0.105. The predicted octanol–water partition coefficient (Wildman–Crippen LogP) is 1.90. The number of carbonyl (C=O) groups excluding carboxylic acids is 1. The fraction of sp³-hybridized carbons (Fsp3) is 0.476. The molecule has 7 nitrogen and oxygen atoms in total. The summed E-state index contributed by atoms with van der Waals surface area (Å²) < 4.78 is 11.5. The van der Waals surface area contributed by atoms with E-state index in [1.807, 2.05) is 18.3 Å². The summed E-state index contributed by atoms with van der Waals surface area (Å²) in [5.41, 5.74) is 0.459. The summed E-state index contributed by atoms with van der Waals surface area (Å²) in [6, 6.07) is 9.45. The summed E-state index contributed by atoms with van der Waals surface area (Å²) >= 11 is 0. The summed E-state index contributed by atoms with van der Waals surface area (Å²) in [5.74, 6) is 2.15. The van der Waals surface area contributed by atoms with Crippen LogP contribution >= 0.6 is 0 Å². The Kier molecular flexibility index (Phi) is 4.19. The van der Waals surface area contributed by atoms with Crippen LogP contribution in [0.2, 0.25) is 0 Å². The van der Waals surface area contributed by atoms with E-state index in [-0.39, 0.29) is 17.6 Å². The van der Waals surface area contributed by atoms with Crippen LogP contribution in [0.5, 0.6) is 5.88 Å². The SMILES string of the molecule is COc1ccc(C(=O)NC[C@H]2[C@H]3CN(c4ccccn4)C[C@]34CC[C@H]2O4)cn1. The maximum Gasteiger partial charge on any atom is 0.252 e. The van der Waals surface area contributed by atoms with Gasteiger partial charge in [0.1, 0.15) is 5.82 Å². The number of methoxy groups -OCH3 is 1. The molecule has 0 aromatic carbocycles. The lowest BCUT2D eigenvalue weighted by molar-refractivity contribution is 0.0141. The molecular weight excluding hydrogens is 356 g/mol. The second kappa shape index (κ2) is 6.74. The van der Waals surface area contributed by atoms with Crippen molar-refractivity contribution in [3.05, 3.63) is 48.3 Å². The Labute approximate surface area is 164 Å². The quantitative estimate of drug-likeness (QED) is 0.854. The lowest BCUT2D eigenvalue weighted by atomic mass is 9.73. The first-order chi connectivity index (χ1) is 13.7. The molecule has 2 aromatic rings. The molecule has 5 rings (SSSR count). The van der Waals surface area contributed by atoms with Crippen molar-refractivity contribution in [1.29, 1.82) is 0 Å². The average Bonchev–Trinajstić information content (AvgIpc) is 3.41. The van der Waals surface area contributed by atoms with Crippen LogP contribution in [0.15, 0.2) is 42.7 Å². The van der Waals surface area contributed by atoms with Crippen LogP contribution in [-0.2, 0) is 4.74 Å². The van der Waals surface area contributed by atoms with Gasteiger partial charge >= 0.3 is 0 Å². The van der Waals surface area contributed by atoms with E-state index in [4.69, 9.17) is 9.47 Å². The van der Waals surface area contributed by atoms with Gasteiger partial charge in [0.2, 0.25) is 5.88 Å². The lowest BCUT2D eigenvalue weighted by Crippen LogP contribution is -2.41. The van der Waals surface area contributed by atoms with E-state index < -0.39 is 0 Å². The number of carbonyl (C=O) groups is 1. The number of anilines is 1. The Bertz CT molecular complexity index is 860. The van der Waals surface area contributed by atoms with Crippen LogP contribution in [0, 0.1) is 11.8 Å². The molecule has 1 amide bonds. The van der Waals surface area contributed by atoms with Gasteiger partial charge in [0, 0.05) is 49.9 Å². The highest BCUT2D eigenvalue weighted by atomic mass is 16.5. The molecule has 0 aliphatic carbocycles. The van der Waals surface area contributed by atoms with Crippen LogP contribution in [-0.4, -0.2) is 54.3 Å². The van der Waals surface area contributed by atoms with E-state index in [0.29, 0.717) is 29.8 Å². The van der Waals surface area contributed by atoms with Crippen molar-refractivity contribution in [2.24, 2.45) is 11.8 Å². The molecule has 0 radical (unpaired) electrons. The Balaban J connectivity index is 1.27. The van der Waals surface area contributed by atoms with Crippen molar-refractivity contribution in [3.8, 4) is 5.88 Å². The zero-order chi connectivity index (χ0) is 19.1. The van der Waals surface area contributed by atoms with Crippen LogP contribution < -0.4 is 15.0 Å². The van der Waals surface area contributed by atoms with Crippen molar-refractivity contribution >= 4 is 11.7 Å². The van der Waals surface area contributed by atoms with Crippen molar-refractivity contribution in [2.45, 2.75) is 24.5 Å². The van der Waals surface area contributed by atoms with E-state index in [0.717, 1.165) is 31.7 Å². The molecule has 3 saturated heterocycles. The third kappa shape index (κ3) is 2.81. The third-order valence-corrected chi connectivity index (χ3v) is 6.46. The van der Waals surface area contributed by atoms with Gasteiger partial charge in [0.15, 0.2) is 0 Å². The summed E-state index contributed by atoms with van der Waals surface area (Å²) in [6.07, 6.45) is 5.78.